The van der Waals surface area contributed by atoms with Gasteiger partial charge < -0.3 is 15.8 Å². The Hall–Kier alpha value is -2.12. The van der Waals surface area contributed by atoms with Gasteiger partial charge in [0.15, 0.2) is 0 Å². The maximum Gasteiger partial charge on any atom is 0.411 e. The first-order chi connectivity index (χ1) is 10.9. The summed E-state index contributed by atoms with van der Waals surface area (Å²) in [5.74, 6) is -0.641. The molecule has 3 N–H and O–H groups in total. The summed E-state index contributed by atoms with van der Waals surface area (Å²) < 4.78 is 40.2. The van der Waals surface area contributed by atoms with Gasteiger partial charge in [-0.1, -0.05) is 36.4 Å². The van der Waals surface area contributed by atoms with Gasteiger partial charge in [0.1, 0.15) is 13.2 Å². The molecule has 0 aliphatic rings. The summed E-state index contributed by atoms with van der Waals surface area (Å²) in [4.78, 5) is 11.7. The van der Waals surface area contributed by atoms with E-state index in [1.54, 1.807) is 0 Å². The Morgan fingerprint density at radius 1 is 1.17 bits per heavy atom. The van der Waals surface area contributed by atoms with E-state index >= 15 is 0 Å². The fourth-order valence-electron chi connectivity index (χ4n) is 2.20. The van der Waals surface area contributed by atoms with Crippen molar-refractivity contribution in [3.63, 3.8) is 0 Å². The maximum atomic E-state index is 12.0. The fourth-order valence-corrected chi connectivity index (χ4v) is 2.20. The normalized spacial score (nSPS) is 13.0. The quantitative estimate of drug-likeness (QED) is 0.857. The molecule has 7 heteroatoms. The second kappa shape index (κ2) is 7.43. The van der Waals surface area contributed by atoms with Crippen LogP contribution in [0.25, 0.3) is 10.8 Å². The van der Waals surface area contributed by atoms with Crippen LogP contribution < -0.4 is 11.1 Å². The Bertz CT molecular complexity index is 674. The number of carbonyl (C=O) groups is 1. The molecule has 0 aliphatic carbocycles. The molecule has 1 unspecified atom stereocenters. The van der Waals surface area contributed by atoms with Crippen molar-refractivity contribution in [3.05, 3.63) is 48.0 Å². The van der Waals surface area contributed by atoms with Gasteiger partial charge in [-0.25, -0.2) is 0 Å². The molecule has 1 atom stereocenters. The molecule has 2 aromatic carbocycles. The Balaban J connectivity index is 1.99. The van der Waals surface area contributed by atoms with Crippen LogP contribution in [-0.4, -0.2) is 31.8 Å². The summed E-state index contributed by atoms with van der Waals surface area (Å²) in [5, 5.41) is 4.62. The molecule has 23 heavy (non-hydrogen) atoms. The lowest BCUT2D eigenvalue weighted by Crippen LogP contribution is -2.36. The molecule has 1 amide bonds. The van der Waals surface area contributed by atoms with Crippen LogP contribution in [0.15, 0.2) is 42.5 Å². The summed E-state index contributed by atoms with van der Waals surface area (Å²) in [6.07, 6.45) is -4.45. The number of halogens is 3. The molecule has 2 rings (SSSR count). The lowest BCUT2D eigenvalue weighted by atomic mass is 10.0. The van der Waals surface area contributed by atoms with Crippen LogP contribution in [0.4, 0.5) is 13.2 Å². The van der Waals surface area contributed by atoms with Gasteiger partial charge in [-0.15, -0.1) is 0 Å². The summed E-state index contributed by atoms with van der Waals surface area (Å²) >= 11 is 0. The number of rotatable bonds is 6. The Morgan fingerprint density at radius 2 is 1.87 bits per heavy atom. The van der Waals surface area contributed by atoms with Crippen LogP contribution in [0.1, 0.15) is 11.6 Å². The third-order valence-electron chi connectivity index (χ3n) is 3.25. The highest BCUT2D eigenvalue weighted by molar-refractivity contribution is 5.83. The number of benzene rings is 2. The number of hydrogen-bond acceptors (Lipinski definition) is 3. The van der Waals surface area contributed by atoms with Gasteiger partial charge >= 0.3 is 6.18 Å². The SMILES string of the molecule is NCC(NC(=O)COCC(F)(F)F)c1ccc2ccccc2c1. The molecule has 4 nitrogen and oxygen atoms in total. The monoisotopic (exact) mass is 326 g/mol. The molecule has 0 aromatic heterocycles. The topological polar surface area (TPSA) is 64.3 Å². The van der Waals surface area contributed by atoms with Crippen LogP contribution in [0.5, 0.6) is 0 Å². The van der Waals surface area contributed by atoms with E-state index in [0.717, 1.165) is 16.3 Å². The Morgan fingerprint density at radius 3 is 2.52 bits per heavy atom. The Kier molecular flexibility index (Phi) is 5.57. The van der Waals surface area contributed by atoms with Crippen molar-refractivity contribution in [1.82, 2.24) is 5.32 Å². The van der Waals surface area contributed by atoms with Gasteiger partial charge in [-0.05, 0) is 22.4 Å². The van der Waals surface area contributed by atoms with Crippen molar-refractivity contribution >= 4 is 16.7 Å². The minimum Gasteiger partial charge on any atom is -0.362 e. The first-order valence-electron chi connectivity index (χ1n) is 7.01. The van der Waals surface area contributed by atoms with Crippen LogP contribution in [0.3, 0.4) is 0 Å². The van der Waals surface area contributed by atoms with Gasteiger partial charge in [0.2, 0.25) is 5.91 Å². The van der Waals surface area contributed by atoms with Crippen LogP contribution in [0, 0.1) is 0 Å². The lowest BCUT2D eigenvalue weighted by molar-refractivity contribution is -0.175. The van der Waals surface area contributed by atoms with Gasteiger partial charge in [0.25, 0.3) is 0 Å². The molecular formula is C16H17F3N2O2. The van der Waals surface area contributed by atoms with E-state index in [9.17, 15) is 18.0 Å². The van der Waals surface area contributed by atoms with E-state index in [0.29, 0.717) is 0 Å². The molecule has 0 saturated heterocycles. The second-order valence-electron chi connectivity index (χ2n) is 5.07. The van der Waals surface area contributed by atoms with Crippen LogP contribution >= 0.6 is 0 Å². The lowest BCUT2D eigenvalue weighted by Gasteiger charge is -2.18. The van der Waals surface area contributed by atoms with E-state index in [1.807, 2.05) is 42.5 Å². The zero-order chi connectivity index (χ0) is 16.9. The highest BCUT2D eigenvalue weighted by Crippen LogP contribution is 2.20. The molecule has 2 aromatic rings. The molecular weight excluding hydrogens is 309 g/mol. The average Bonchev–Trinajstić information content (AvgIpc) is 2.51. The zero-order valence-electron chi connectivity index (χ0n) is 12.3. The van der Waals surface area contributed by atoms with Crippen molar-refractivity contribution in [1.29, 1.82) is 0 Å². The van der Waals surface area contributed by atoms with E-state index in [4.69, 9.17) is 5.73 Å². The number of carbonyl (C=O) groups excluding carboxylic acids is 1. The smallest absolute Gasteiger partial charge is 0.362 e. The zero-order valence-corrected chi connectivity index (χ0v) is 12.3. The highest BCUT2D eigenvalue weighted by atomic mass is 19.4. The minimum atomic E-state index is -4.45. The molecule has 0 radical (unpaired) electrons. The number of alkyl halides is 3. The average molecular weight is 326 g/mol. The number of amides is 1. The number of nitrogens with one attached hydrogen (secondary N) is 1. The minimum absolute atomic E-state index is 0.128. The summed E-state index contributed by atoms with van der Waals surface area (Å²) in [5.41, 5.74) is 6.45. The first-order valence-corrected chi connectivity index (χ1v) is 7.01. The largest absolute Gasteiger partial charge is 0.411 e. The second-order valence-corrected chi connectivity index (χ2v) is 5.07. The number of fused-ring (bicyclic) bond motifs is 1. The standard InChI is InChI=1S/C16H17F3N2O2/c17-16(18,19)10-23-9-15(22)21-14(8-20)13-6-5-11-3-1-2-4-12(11)7-13/h1-7,14H,8-10,20H2,(H,21,22). The number of nitrogens with two attached hydrogens (primary N) is 1. The van der Waals surface area contributed by atoms with E-state index in [2.05, 4.69) is 10.1 Å². The van der Waals surface area contributed by atoms with Crippen molar-refractivity contribution in [2.24, 2.45) is 5.73 Å². The summed E-state index contributed by atoms with van der Waals surface area (Å²) in [6.45, 7) is -1.99. The molecule has 0 heterocycles. The molecule has 0 bridgehead atoms. The van der Waals surface area contributed by atoms with Crippen LogP contribution in [-0.2, 0) is 9.53 Å². The molecule has 0 aliphatic heterocycles. The Labute approximate surface area is 131 Å². The van der Waals surface area contributed by atoms with Crippen molar-refractivity contribution in [2.75, 3.05) is 19.8 Å². The van der Waals surface area contributed by atoms with Crippen molar-refractivity contribution in [2.45, 2.75) is 12.2 Å². The van der Waals surface area contributed by atoms with Gasteiger partial charge in [-0.3, -0.25) is 4.79 Å². The third-order valence-corrected chi connectivity index (χ3v) is 3.25. The predicted octanol–water partition coefficient (Wildman–Crippen LogP) is 2.53. The maximum absolute atomic E-state index is 12.0. The van der Waals surface area contributed by atoms with E-state index in [1.165, 1.54) is 0 Å². The highest BCUT2D eigenvalue weighted by Gasteiger charge is 2.28. The number of ether oxygens (including phenoxy) is 1. The van der Waals surface area contributed by atoms with E-state index in [-0.39, 0.29) is 6.54 Å². The van der Waals surface area contributed by atoms with Gasteiger partial charge in [0.05, 0.1) is 6.04 Å². The predicted molar refractivity (Wildman–Crippen MR) is 80.8 cm³/mol. The van der Waals surface area contributed by atoms with E-state index < -0.39 is 31.3 Å². The summed E-state index contributed by atoms with van der Waals surface area (Å²) in [7, 11) is 0. The molecule has 0 saturated carbocycles. The first kappa shape index (κ1) is 17.2. The molecule has 0 fully saturated rings. The fraction of sp³-hybridized carbons (Fsp3) is 0.312. The van der Waals surface area contributed by atoms with Crippen molar-refractivity contribution < 1.29 is 22.7 Å². The molecule has 0 spiro atoms. The number of hydrogen-bond donors (Lipinski definition) is 2. The summed E-state index contributed by atoms with van der Waals surface area (Å²) in [6, 6.07) is 12.8. The third kappa shape index (κ3) is 5.22. The van der Waals surface area contributed by atoms with Crippen molar-refractivity contribution in [3.8, 4) is 0 Å². The van der Waals surface area contributed by atoms with Gasteiger partial charge in [0, 0.05) is 6.54 Å². The van der Waals surface area contributed by atoms with Crippen LogP contribution in [0.2, 0.25) is 0 Å². The molecule has 124 valence electrons. The van der Waals surface area contributed by atoms with Gasteiger partial charge in [-0.2, -0.15) is 13.2 Å².